The van der Waals surface area contributed by atoms with E-state index >= 15 is 0 Å². The minimum Gasteiger partial charge on any atom is -0.404 e. The second-order valence-corrected chi connectivity index (χ2v) is 9.17. The average Bonchev–Trinajstić information content (AvgIpc) is 3.21. The van der Waals surface area contributed by atoms with Gasteiger partial charge in [-0.15, -0.1) is 0 Å². The Kier molecular flexibility index (Phi) is 6.58. The van der Waals surface area contributed by atoms with Crippen molar-refractivity contribution in [1.82, 2.24) is 24.0 Å². The summed E-state index contributed by atoms with van der Waals surface area (Å²) in [5.74, 6) is -0.319. The third-order valence-electron chi connectivity index (χ3n) is 7.01. The second-order valence-electron chi connectivity index (χ2n) is 9.17. The molecule has 190 valence electrons. The molecule has 0 spiro atoms. The zero-order valence-electron chi connectivity index (χ0n) is 20.8. The Morgan fingerprint density at radius 2 is 2.03 bits per heavy atom. The van der Waals surface area contributed by atoms with E-state index in [0.717, 1.165) is 57.2 Å². The summed E-state index contributed by atoms with van der Waals surface area (Å²) < 4.78 is 3.40. The lowest BCUT2D eigenvalue weighted by atomic mass is 10.0. The first-order chi connectivity index (χ1) is 18.0. The summed E-state index contributed by atoms with van der Waals surface area (Å²) in [4.78, 5) is 40.4. The predicted molar refractivity (Wildman–Crippen MR) is 144 cm³/mol. The van der Waals surface area contributed by atoms with Crippen LogP contribution in [0.1, 0.15) is 24.6 Å². The quantitative estimate of drug-likeness (QED) is 0.404. The number of aliphatic hydroxyl groups excluding tert-OH is 1. The number of hydrogen-bond donors (Lipinski definition) is 2. The summed E-state index contributed by atoms with van der Waals surface area (Å²) in [5.41, 5.74) is 11.2. The van der Waals surface area contributed by atoms with Gasteiger partial charge in [-0.2, -0.15) is 0 Å². The van der Waals surface area contributed by atoms with Crippen molar-refractivity contribution in [2.75, 3.05) is 26.7 Å². The van der Waals surface area contributed by atoms with Gasteiger partial charge in [0, 0.05) is 62.3 Å². The second kappa shape index (κ2) is 9.98. The van der Waals surface area contributed by atoms with Crippen LogP contribution in [-0.2, 0) is 11.8 Å². The number of nitrogens with two attached hydrogens (primary N) is 1. The molecule has 5 rings (SSSR count). The Balaban J connectivity index is 1.63. The predicted octanol–water partition coefficient (Wildman–Crippen LogP) is 2.11. The average molecular weight is 500 g/mol. The fraction of sp³-hybridized carbons (Fsp3) is 0.296. The number of aromatic nitrogens is 4. The molecule has 0 radical (unpaired) electrons. The van der Waals surface area contributed by atoms with Crippen LogP contribution in [0.15, 0.2) is 58.7 Å². The van der Waals surface area contributed by atoms with Gasteiger partial charge in [-0.1, -0.05) is 12.1 Å². The number of fused-ring (bicyclic) bond motifs is 3. The molecule has 1 saturated heterocycles. The highest BCUT2D eigenvalue weighted by Gasteiger charge is 2.28. The summed E-state index contributed by atoms with van der Waals surface area (Å²) >= 11 is 0. The molecule has 10 heteroatoms. The van der Waals surface area contributed by atoms with Crippen LogP contribution in [0.3, 0.4) is 0 Å². The number of pyridine rings is 2. The van der Waals surface area contributed by atoms with Gasteiger partial charge in [0.15, 0.2) is 0 Å². The Morgan fingerprint density at radius 3 is 2.73 bits per heavy atom. The van der Waals surface area contributed by atoms with Gasteiger partial charge >= 0.3 is 5.69 Å². The van der Waals surface area contributed by atoms with E-state index < -0.39 is 6.61 Å². The molecule has 4 heterocycles. The van der Waals surface area contributed by atoms with Gasteiger partial charge < -0.3 is 15.7 Å². The number of allylic oxidation sites excluding steroid dienone is 1. The van der Waals surface area contributed by atoms with E-state index in [1.807, 2.05) is 30.3 Å². The molecular formula is C27H29N7O3. The standard InChI is InChI=1S/C27H29N7O3/c1-29-12-19(11-28)22-7-6-18(13-30-22)17-5-8-23-21(10-17)26-24(14-31-23)32(2)27(37)34(26)20-4-3-9-33(15-20)25(36)16-35/h5-8,10-14,20,35H,3-4,9,15-16,28H2,1-2H3. The Hall–Kier alpha value is -4.31. The summed E-state index contributed by atoms with van der Waals surface area (Å²) in [7, 11) is 3.42. The van der Waals surface area contributed by atoms with E-state index in [1.165, 1.54) is 6.20 Å². The van der Waals surface area contributed by atoms with Crippen molar-refractivity contribution in [3.63, 3.8) is 0 Å². The number of benzene rings is 1. The molecule has 0 saturated carbocycles. The fourth-order valence-electron chi connectivity index (χ4n) is 5.11. The van der Waals surface area contributed by atoms with E-state index in [-0.39, 0.29) is 17.6 Å². The van der Waals surface area contributed by atoms with Crippen LogP contribution in [-0.4, -0.2) is 68.0 Å². The number of carbonyl (C=O) groups excluding carboxylic acids is 1. The number of rotatable bonds is 5. The fourth-order valence-corrected chi connectivity index (χ4v) is 5.11. The molecule has 4 aromatic rings. The van der Waals surface area contributed by atoms with Gasteiger partial charge in [-0.05, 0) is 36.6 Å². The van der Waals surface area contributed by atoms with Crippen molar-refractivity contribution < 1.29 is 9.90 Å². The molecular weight excluding hydrogens is 470 g/mol. The topological polar surface area (TPSA) is 132 Å². The SMILES string of the molecule is CN=CC(=CN)c1ccc(-c2ccc3ncc4c(c3c2)n(C2CCCN(C(=O)CO)C2)c(=O)n4C)cn1. The number of aryl methyl sites for hydroxylation is 1. The van der Waals surface area contributed by atoms with Crippen LogP contribution < -0.4 is 11.4 Å². The number of imidazole rings is 1. The molecule has 0 bridgehead atoms. The van der Waals surface area contributed by atoms with Crippen molar-refractivity contribution in [3.05, 3.63) is 65.1 Å². The largest absolute Gasteiger partial charge is 0.404 e. The van der Waals surface area contributed by atoms with Crippen molar-refractivity contribution in [2.45, 2.75) is 18.9 Å². The Morgan fingerprint density at radius 1 is 1.22 bits per heavy atom. The van der Waals surface area contributed by atoms with E-state index in [0.29, 0.717) is 13.1 Å². The molecule has 1 aliphatic rings. The van der Waals surface area contributed by atoms with E-state index in [2.05, 4.69) is 15.0 Å². The number of aliphatic imine (C=N–C) groups is 1. The van der Waals surface area contributed by atoms with Gasteiger partial charge in [0.25, 0.3) is 0 Å². The van der Waals surface area contributed by atoms with E-state index in [4.69, 9.17) is 5.73 Å². The number of likely N-dealkylation sites (tertiary alicyclic amines) is 1. The number of hydrogen-bond acceptors (Lipinski definition) is 7. The zero-order valence-corrected chi connectivity index (χ0v) is 20.8. The molecule has 1 fully saturated rings. The minimum absolute atomic E-state index is 0.150. The monoisotopic (exact) mass is 499 g/mol. The van der Waals surface area contributed by atoms with Gasteiger partial charge in [-0.3, -0.25) is 28.9 Å². The third-order valence-corrected chi connectivity index (χ3v) is 7.01. The molecule has 10 nitrogen and oxygen atoms in total. The number of nitrogens with zero attached hydrogens (tertiary/aromatic N) is 6. The molecule has 1 aliphatic heterocycles. The molecule has 1 atom stereocenters. The van der Waals surface area contributed by atoms with Crippen LogP contribution >= 0.6 is 0 Å². The summed E-state index contributed by atoms with van der Waals surface area (Å²) in [6, 6.07) is 9.63. The maximum Gasteiger partial charge on any atom is 0.329 e. The molecule has 1 aromatic carbocycles. The first-order valence-electron chi connectivity index (χ1n) is 12.2. The highest BCUT2D eigenvalue weighted by molar-refractivity contribution is 6.09. The molecule has 37 heavy (non-hydrogen) atoms. The van der Waals surface area contributed by atoms with Gasteiger partial charge in [0.1, 0.15) is 6.61 Å². The Labute approximate surface area is 213 Å². The molecule has 3 N–H and O–H groups in total. The molecule has 1 amide bonds. The normalized spacial score (nSPS) is 16.8. The van der Waals surface area contributed by atoms with Crippen molar-refractivity contribution >= 4 is 39.6 Å². The summed E-state index contributed by atoms with van der Waals surface area (Å²) in [6.45, 7) is 0.426. The lowest BCUT2D eigenvalue weighted by molar-refractivity contribution is -0.135. The van der Waals surface area contributed by atoms with Crippen molar-refractivity contribution in [1.29, 1.82) is 0 Å². The summed E-state index contributed by atoms with van der Waals surface area (Å²) in [6.07, 6.45) is 8.17. The van der Waals surface area contributed by atoms with Crippen LogP contribution in [0.4, 0.5) is 0 Å². The third kappa shape index (κ3) is 4.29. The zero-order chi connectivity index (χ0) is 26.1. The van der Waals surface area contributed by atoms with Crippen molar-refractivity contribution in [3.8, 4) is 11.1 Å². The van der Waals surface area contributed by atoms with Crippen LogP contribution in [0.25, 0.3) is 38.6 Å². The van der Waals surface area contributed by atoms with Crippen molar-refractivity contribution in [2.24, 2.45) is 17.8 Å². The van der Waals surface area contributed by atoms with Gasteiger partial charge in [0.05, 0.1) is 34.5 Å². The lowest BCUT2D eigenvalue weighted by Crippen LogP contribution is -2.43. The molecule has 1 unspecified atom stereocenters. The Bertz CT molecular complexity index is 1600. The number of carbonyl (C=O) groups is 1. The van der Waals surface area contributed by atoms with Gasteiger partial charge in [0.2, 0.25) is 5.91 Å². The number of aliphatic hydroxyl groups is 1. The van der Waals surface area contributed by atoms with E-state index in [1.54, 1.807) is 46.7 Å². The number of amides is 1. The lowest BCUT2D eigenvalue weighted by Gasteiger charge is -2.33. The van der Waals surface area contributed by atoms with Crippen LogP contribution in [0.2, 0.25) is 0 Å². The minimum atomic E-state index is -0.534. The smallest absolute Gasteiger partial charge is 0.329 e. The van der Waals surface area contributed by atoms with Crippen LogP contribution in [0, 0.1) is 0 Å². The summed E-state index contributed by atoms with van der Waals surface area (Å²) in [5, 5.41) is 10.2. The highest BCUT2D eigenvalue weighted by atomic mass is 16.3. The van der Waals surface area contributed by atoms with Crippen LogP contribution in [0.5, 0.6) is 0 Å². The first kappa shape index (κ1) is 24.4. The van der Waals surface area contributed by atoms with Gasteiger partial charge in [-0.25, -0.2) is 4.79 Å². The molecule has 0 aliphatic carbocycles. The molecule has 3 aromatic heterocycles. The number of piperidine rings is 1. The first-order valence-corrected chi connectivity index (χ1v) is 12.2. The van der Waals surface area contributed by atoms with E-state index in [9.17, 15) is 14.7 Å². The maximum atomic E-state index is 13.4. The highest BCUT2D eigenvalue weighted by Crippen LogP contribution is 2.32. The maximum absolute atomic E-state index is 13.4.